The van der Waals surface area contributed by atoms with Crippen molar-refractivity contribution in [3.05, 3.63) is 63.1 Å². The van der Waals surface area contributed by atoms with Gasteiger partial charge in [-0.1, -0.05) is 11.6 Å². The average Bonchev–Trinajstić information content (AvgIpc) is 2.41. The molecule has 0 aliphatic rings. The molecule has 1 amide bonds. The summed E-state index contributed by atoms with van der Waals surface area (Å²) >= 11 is 9.08. The van der Waals surface area contributed by atoms with E-state index in [9.17, 15) is 18.0 Å². The molecule has 0 saturated carbocycles. The molecule has 1 N–H and O–H groups in total. The molecule has 21 heavy (non-hydrogen) atoms. The van der Waals surface area contributed by atoms with Crippen molar-refractivity contribution in [1.29, 1.82) is 0 Å². The minimum atomic E-state index is -4.40. The SMILES string of the molecule is O=C(Nc1ccc(C(F)(F)F)cc1)c1ccc(Br)c(Cl)c1. The van der Waals surface area contributed by atoms with Gasteiger partial charge in [-0.15, -0.1) is 0 Å². The lowest BCUT2D eigenvalue weighted by Crippen LogP contribution is -2.12. The van der Waals surface area contributed by atoms with Gasteiger partial charge in [0.1, 0.15) is 0 Å². The van der Waals surface area contributed by atoms with Crippen LogP contribution in [-0.4, -0.2) is 5.91 Å². The van der Waals surface area contributed by atoms with Gasteiger partial charge >= 0.3 is 6.18 Å². The van der Waals surface area contributed by atoms with Crippen molar-refractivity contribution in [2.24, 2.45) is 0 Å². The van der Waals surface area contributed by atoms with Gasteiger partial charge in [-0.25, -0.2) is 0 Å². The van der Waals surface area contributed by atoms with Crippen LogP contribution in [0.25, 0.3) is 0 Å². The van der Waals surface area contributed by atoms with Gasteiger partial charge < -0.3 is 5.32 Å². The Morgan fingerprint density at radius 3 is 2.24 bits per heavy atom. The number of rotatable bonds is 2. The zero-order valence-electron chi connectivity index (χ0n) is 10.3. The van der Waals surface area contributed by atoms with E-state index in [1.807, 2.05) is 0 Å². The van der Waals surface area contributed by atoms with Crippen LogP contribution in [0, 0.1) is 0 Å². The summed E-state index contributed by atoms with van der Waals surface area (Å²) in [7, 11) is 0. The molecule has 0 fully saturated rings. The third-order valence-corrected chi connectivity index (χ3v) is 3.88. The maximum atomic E-state index is 12.4. The van der Waals surface area contributed by atoms with E-state index in [-0.39, 0.29) is 5.69 Å². The third-order valence-electron chi connectivity index (χ3n) is 2.65. The molecule has 0 atom stereocenters. The summed E-state index contributed by atoms with van der Waals surface area (Å²) in [5, 5.41) is 2.87. The summed E-state index contributed by atoms with van der Waals surface area (Å²) in [5.74, 6) is -0.454. The van der Waals surface area contributed by atoms with Gasteiger partial charge in [0.25, 0.3) is 5.91 Å². The zero-order chi connectivity index (χ0) is 15.6. The predicted molar refractivity (Wildman–Crippen MR) is 78.5 cm³/mol. The molecular weight excluding hydrogens is 371 g/mol. The van der Waals surface area contributed by atoms with Crippen LogP contribution in [0.4, 0.5) is 18.9 Å². The van der Waals surface area contributed by atoms with Crippen molar-refractivity contribution in [1.82, 2.24) is 0 Å². The number of carbonyl (C=O) groups excluding carboxylic acids is 1. The van der Waals surface area contributed by atoms with Crippen LogP contribution < -0.4 is 5.32 Å². The molecule has 0 bridgehead atoms. The van der Waals surface area contributed by atoms with Crippen LogP contribution in [0.2, 0.25) is 5.02 Å². The molecule has 0 aromatic heterocycles. The van der Waals surface area contributed by atoms with Crippen molar-refractivity contribution in [2.45, 2.75) is 6.18 Å². The van der Waals surface area contributed by atoms with Crippen molar-refractivity contribution in [2.75, 3.05) is 5.32 Å². The lowest BCUT2D eigenvalue weighted by atomic mass is 10.2. The lowest BCUT2D eigenvalue weighted by Gasteiger charge is -2.09. The van der Waals surface area contributed by atoms with Gasteiger partial charge in [0.05, 0.1) is 10.6 Å². The summed E-state index contributed by atoms with van der Waals surface area (Å²) in [6, 6.07) is 8.83. The number of hydrogen-bond donors (Lipinski definition) is 1. The highest BCUT2D eigenvalue weighted by Gasteiger charge is 2.29. The molecule has 0 radical (unpaired) electrons. The molecule has 0 unspecified atom stereocenters. The predicted octanol–water partition coefficient (Wildman–Crippen LogP) is 5.37. The highest BCUT2D eigenvalue weighted by Crippen LogP contribution is 2.30. The Kier molecular flexibility index (Phi) is 4.58. The second-order valence-corrected chi connectivity index (χ2v) is 5.42. The van der Waals surface area contributed by atoms with E-state index < -0.39 is 17.6 Å². The number of carbonyl (C=O) groups is 1. The summed E-state index contributed by atoms with van der Waals surface area (Å²) in [4.78, 5) is 12.0. The molecule has 0 saturated heterocycles. The lowest BCUT2D eigenvalue weighted by molar-refractivity contribution is -0.137. The molecule has 2 rings (SSSR count). The molecule has 2 aromatic carbocycles. The number of hydrogen-bond acceptors (Lipinski definition) is 1. The second kappa shape index (κ2) is 6.07. The highest BCUT2D eigenvalue weighted by atomic mass is 79.9. The van der Waals surface area contributed by atoms with Gasteiger partial charge in [0, 0.05) is 15.7 Å². The summed E-state index contributed by atoms with van der Waals surface area (Å²) in [6.07, 6.45) is -4.40. The van der Waals surface area contributed by atoms with Gasteiger partial charge in [0.15, 0.2) is 0 Å². The number of benzene rings is 2. The van der Waals surface area contributed by atoms with Crippen molar-refractivity contribution < 1.29 is 18.0 Å². The van der Waals surface area contributed by atoms with Crippen molar-refractivity contribution in [3.8, 4) is 0 Å². The maximum absolute atomic E-state index is 12.4. The fraction of sp³-hybridized carbons (Fsp3) is 0.0714. The van der Waals surface area contributed by atoms with Crippen molar-refractivity contribution in [3.63, 3.8) is 0 Å². The van der Waals surface area contributed by atoms with E-state index in [1.54, 1.807) is 12.1 Å². The van der Waals surface area contributed by atoms with Crippen LogP contribution in [0.1, 0.15) is 15.9 Å². The Bertz CT molecular complexity index is 671. The topological polar surface area (TPSA) is 29.1 Å². The summed E-state index contributed by atoms with van der Waals surface area (Å²) in [5.41, 5.74) is -0.192. The van der Waals surface area contributed by atoms with Gasteiger partial charge in [-0.3, -0.25) is 4.79 Å². The molecule has 7 heteroatoms. The van der Waals surface area contributed by atoms with Crippen LogP contribution in [0.5, 0.6) is 0 Å². The first-order chi connectivity index (χ1) is 9.77. The maximum Gasteiger partial charge on any atom is 0.416 e. The number of halogens is 5. The molecule has 2 aromatic rings. The molecule has 0 spiro atoms. The van der Waals surface area contributed by atoms with Gasteiger partial charge in [-0.05, 0) is 58.4 Å². The van der Waals surface area contributed by atoms with E-state index in [1.165, 1.54) is 18.2 Å². The van der Waals surface area contributed by atoms with E-state index in [2.05, 4.69) is 21.2 Å². The Labute approximate surface area is 132 Å². The largest absolute Gasteiger partial charge is 0.416 e. The highest BCUT2D eigenvalue weighted by molar-refractivity contribution is 9.10. The molecule has 0 aliphatic carbocycles. The first-order valence-corrected chi connectivity index (χ1v) is 6.88. The first kappa shape index (κ1) is 15.9. The van der Waals surface area contributed by atoms with Crippen LogP contribution in [0.3, 0.4) is 0 Å². The van der Waals surface area contributed by atoms with Gasteiger partial charge in [0.2, 0.25) is 0 Å². The first-order valence-electron chi connectivity index (χ1n) is 5.71. The quantitative estimate of drug-likeness (QED) is 0.747. The summed E-state index contributed by atoms with van der Waals surface area (Å²) in [6.45, 7) is 0. The fourth-order valence-corrected chi connectivity index (χ4v) is 2.01. The van der Waals surface area contributed by atoms with E-state index in [4.69, 9.17) is 11.6 Å². The number of alkyl halides is 3. The second-order valence-electron chi connectivity index (χ2n) is 4.16. The number of anilines is 1. The van der Waals surface area contributed by atoms with E-state index >= 15 is 0 Å². The van der Waals surface area contributed by atoms with E-state index in [0.717, 1.165) is 12.1 Å². The monoisotopic (exact) mass is 377 g/mol. The van der Waals surface area contributed by atoms with E-state index in [0.29, 0.717) is 15.1 Å². The number of amides is 1. The normalized spacial score (nSPS) is 11.3. The van der Waals surface area contributed by atoms with Crippen LogP contribution in [-0.2, 0) is 6.18 Å². The van der Waals surface area contributed by atoms with Crippen LogP contribution >= 0.6 is 27.5 Å². The number of nitrogens with one attached hydrogen (secondary N) is 1. The third kappa shape index (κ3) is 3.98. The van der Waals surface area contributed by atoms with Crippen molar-refractivity contribution >= 4 is 39.1 Å². The van der Waals surface area contributed by atoms with Gasteiger partial charge in [-0.2, -0.15) is 13.2 Å². The smallest absolute Gasteiger partial charge is 0.322 e. The molecule has 2 nitrogen and oxygen atoms in total. The zero-order valence-corrected chi connectivity index (χ0v) is 12.7. The molecule has 110 valence electrons. The molecule has 0 aliphatic heterocycles. The Balaban J connectivity index is 2.14. The fourth-order valence-electron chi connectivity index (χ4n) is 1.58. The minimum Gasteiger partial charge on any atom is -0.322 e. The Morgan fingerprint density at radius 2 is 1.71 bits per heavy atom. The molecular formula is C14H8BrClF3NO. The molecule has 0 heterocycles. The Morgan fingerprint density at radius 1 is 1.10 bits per heavy atom. The van der Waals surface area contributed by atoms with Crippen LogP contribution in [0.15, 0.2) is 46.9 Å². The average molecular weight is 379 g/mol. The summed E-state index contributed by atoms with van der Waals surface area (Å²) < 4.78 is 37.9. The Hall–Kier alpha value is -1.53. The standard InChI is InChI=1S/C14H8BrClF3NO/c15-11-6-1-8(7-12(11)16)13(21)20-10-4-2-9(3-5-10)14(17,18)19/h1-7H,(H,20,21). The minimum absolute atomic E-state index is 0.270.